The summed E-state index contributed by atoms with van der Waals surface area (Å²) in [7, 11) is 1.91. The fourth-order valence-corrected chi connectivity index (χ4v) is 2.61. The molecule has 0 atom stereocenters. The minimum Gasteiger partial charge on any atom is -0.378 e. The van der Waals surface area contributed by atoms with Crippen molar-refractivity contribution in [1.29, 1.82) is 0 Å². The Balaban J connectivity index is 1.73. The number of halogens is 1. The molecule has 0 bridgehead atoms. The number of aryl methyl sites for hydroxylation is 1. The van der Waals surface area contributed by atoms with Crippen molar-refractivity contribution in [2.45, 2.75) is 6.54 Å². The third-order valence-corrected chi connectivity index (χ3v) is 4.01. The first-order chi connectivity index (χ1) is 9.72. The van der Waals surface area contributed by atoms with Crippen molar-refractivity contribution in [3.63, 3.8) is 0 Å². The van der Waals surface area contributed by atoms with Gasteiger partial charge in [0, 0.05) is 17.8 Å². The van der Waals surface area contributed by atoms with Crippen LogP contribution in [0.25, 0.3) is 10.7 Å². The average Bonchev–Trinajstić information content (AvgIpc) is 3.08. The molecule has 0 unspecified atom stereocenters. The second-order valence-electron chi connectivity index (χ2n) is 4.31. The van der Waals surface area contributed by atoms with Crippen LogP contribution in [0.1, 0.15) is 5.82 Å². The normalized spacial score (nSPS) is 10.7. The molecule has 2 aromatic heterocycles. The van der Waals surface area contributed by atoms with E-state index in [0.717, 1.165) is 27.2 Å². The first kappa shape index (κ1) is 13.1. The molecule has 102 valence electrons. The molecule has 0 aliphatic carbocycles. The molecule has 0 radical (unpaired) electrons. The first-order valence-electron chi connectivity index (χ1n) is 6.15. The topological polar surface area (TPSA) is 42.7 Å². The highest BCUT2D eigenvalue weighted by atomic mass is 35.5. The number of hydrogen-bond acceptors (Lipinski definition) is 4. The molecule has 0 saturated heterocycles. The molecule has 1 aromatic carbocycles. The van der Waals surface area contributed by atoms with Crippen molar-refractivity contribution in [3.05, 3.63) is 52.6 Å². The van der Waals surface area contributed by atoms with Gasteiger partial charge in [-0.25, -0.2) is 4.98 Å². The Labute approximate surface area is 126 Å². The molecule has 0 amide bonds. The smallest absolute Gasteiger partial charge is 0.191 e. The van der Waals surface area contributed by atoms with E-state index in [1.807, 2.05) is 48.8 Å². The summed E-state index contributed by atoms with van der Waals surface area (Å²) >= 11 is 7.50. The molecule has 20 heavy (non-hydrogen) atoms. The quantitative estimate of drug-likeness (QED) is 0.797. The summed E-state index contributed by atoms with van der Waals surface area (Å²) in [5.74, 6) is 1.67. The maximum atomic E-state index is 5.86. The van der Waals surface area contributed by atoms with E-state index in [9.17, 15) is 0 Å². The molecule has 0 spiro atoms. The van der Waals surface area contributed by atoms with Gasteiger partial charge < -0.3 is 5.32 Å². The van der Waals surface area contributed by atoms with Gasteiger partial charge in [-0.05, 0) is 35.7 Å². The molecule has 6 heteroatoms. The molecule has 3 aromatic rings. The Kier molecular flexibility index (Phi) is 3.71. The highest BCUT2D eigenvalue weighted by Crippen LogP contribution is 2.21. The second-order valence-corrected chi connectivity index (χ2v) is 5.70. The molecule has 2 heterocycles. The zero-order valence-electron chi connectivity index (χ0n) is 10.9. The minimum atomic E-state index is 0.622. The summed E-state index contributed by atoms with van der Waals surface area (Å²) in [6.07, 6.45) is 0. The van der Waals surface area contributed by atoms with Crippen molar-refractivity contribution in [2.24, 2.45) is 7.05 Å². The molecule has 0 aliphatic rings. The Morgan fingerprint density at radius 1 is 1.25 bits per heavy atom. The van der Waals surface area contributed by atoms with Gasteiger partial charge in [0.15, 0.2) is 5.82 Å². The number of nitrogens with zero attached hydrogens (tertiary/aromatic N) is 3. The number of nitrogens with one attached hydrogen (secondary N) is 1. The molecular formula is C14H13ClN4S. The monoisotopic (exact) mass is 304 g/mol. The van der Waals surface area contributed by atoms with Crippen molar-refractivity contribution in [1.82, 2.24) is 14.8 Å². The van der Waals surface area contributed by atoms with E-state index >= 15 is 0 Å². The summed E-state index contributed by atoms with van der Waals surface area (Å²) in [5.41, 5.74) is 1.01. The Morgan fingerprint density at radius 3 is 2.75 bits per heavy atom. The average molecular weight is 305 g/mol. The van der Waals surface area contributed by atoms with E-state index < -0.39 is 0 Å². The minimum absolute atomic E-state index is 0.622. The molecule has 0 aliphatic heterocycles. The van der Waals surface area contributed by atoms with E-state index in [-0.39, 0.29) is 0 Å². The van der Waals surface area contributed by atoms with Crippen LogP contribution in [0, 0.1) is 0 Å². The van der Waals surface area contributed by atoms with Gasteiger partial charge in [0.05, 0.1) is 11.4 Å². The SMILES string of the molecule is Cn1nc(-c2cccs2)nc1CNc1ccc(Cl)cc1. The number of benzene rings is 1. The van der Waals surface area contributed by atoms with Gasteiger partial charge >= 0.3 is 0 Å². The van der Waals surface area contributed by atoms with Crippen molar-refractivity contribution in [3.8, 4) is 10.7 Å². The lowest BCUT2D eigenvalue weighted by Gasteiger charge is -2.05. The van der Waals surface area contributed by atoms with Gasteiger partial charge in [0.2, 0.25) is 0 Å². The first-order valence-corrected chi connectivity index (χ1v) is 7.41. The third-order valence-electron chi connectivity index (χ3n) is 2.89. The van der Waals surface area contributed by atoms with E-state index in [0.29, 0.717) is 6.54 Å². The summed E-state index contributed by atoms with van der Waals surface area (Å²) in [4.78, 5) is 5.64. The number of rotatable bonds is 4. The Hall–Kier alpha value is -1.85. The highest BCUT2D eigenvalue weighted by molar-refractivity contribution is 7.13. The zero-order chi connectivity index (χ0) is 13.9. The number of thiophene rings is 1. The van der Waals surface area contributed by atoms with E-state index in [1.54, 1.807) is 16.0 Å². The maximum absolute atomic E-state index is 5.86. The molecule has 3 rings (SSSR count). The van der Waals surface area contributed by atoms with Crippen LogP contribution in [0.3, 0.4) is 0 Å². The van der Waals surface area contributed by atoms with Gasteiger partial charge in [0.25, 0.3) is 0 Å². The van der Waals surface area contributed by atoms with Gasteiger partial charge in [0.1, 0.15) is 5.82 Å². The Bertz CT molecular complexity index is 689. The van der Waals surface area contributed by atoms with Gasteiger partial charge in [-0.1, -0.05) is 17.7 Å². The largest absolute Gasteiger partial charge is 0.378 e. The molecular weight excluding hydrogens is 292 g/mol. The van der Waals surface area contributed by atoms with Gasteiger partial charge in [-0.3, -0.25) is 4.68 Å². The van der Waals surface area contributed by atoms with Crippen molar-refractivity contribution < 1.29 is 0 Å². The lowest BCUT2D eigenvalue weighted by Crippen LogP contribution is -2.06. The van der Waals surface area contributed by atoms with Crippen LogP contribution in [0.15, 0.2) is 41.8 Å². The lowest BCUT2D eigenvalue weighted by molar-refractivity contribution is 0.713. The second kappa shape index (κ2) is 5.64. The summed E-state index contributed by atoms with van der Waals surface area (Å²) < 4.78 is 1.80. The van der Waals surface area contributed by atoms with E-state index in [2.05, 4.69) is 15.4 Å². The summed E-state index contributed by atoms with van der Waals surface area (Å²) in [6.45, 7) is 0.622. The number of aromatic nitrogens is 3. The van der Waals surface area contributed by atoms with Gasteiger partial charge in [-0.2, -0.15) is 5.10 Å². The van der Waals surface area contributed by atoms with Crippen LogP contribution in [0.2, 0.25) is 5.02 Å². The van der Waals surface area contributed by atoms with E-state index in [4.69, 9.17) is 11.6 Å². The molecule has 0 fully saturated rings. The standard InChI is InChI=1S/C14H13ClN4S/c1-19-13(9-16-11-6-4-10(15)5-7-11)17-14(18-19)12-3-2-8-20-12/h2-8,16H,9H2,1H3. The maximum Gasteiger partial charge on any atom is 0.191 e. The molecule has 1 N–H and O–H groups in total. The van der Waals surface area contributed by atoms with Crippen LogP contribution in [0.5, 0.6) is 0 Å². The van der Waals surface area contributed by atoms with Crippen molar-refractivity contribution in [2.75, 3.05) is 5.32 Å². The van der Waals surface area contributed by atoms with Crippen LogP contribution < -0.4 is 5.32 Å². The lowest BCUT2D eigenvalue weighted by atomic mass is 10.3. The van der Waals surface area contributed by atoms with Crippen LogP contribution in [0.4, 0.5) is 5.69 Å². The summed E-state index contributed by atoms with van der Waals surface area (Å²) in [6, 6.07) is 11.6. The van der Waals surface area contributed by atoms with Crippen LogP contribution in [-0.2, 0) is 13.6 Å². The van der Waals surface area contributed by atoms with Gasteiger partial charge in [-0.15, -0.1) is 11.3 Å². The third kappa shape index (κ3) is 2.84. The predicted octanol–water partition coefficient (Wildman–Crippen LogP) is 3.81. The molecule has 0 saturated carbocycles. The van der Waals surface area contributed by atoms with Crippen LogP contribution in [-0.4, -0.2) is 14.8 Å². The highest BCUT2D eigenvalue weighted by Gasteiger charge is 2.09. The van der Waals surface area contributed by atoms with Crippen molar-refractivity contribution >= 4 is 28.6 Å². The molecule has 4 nitrogen and oxygen atoms in total. The number of anilines is 1. The van der Waals surface area contributed by atoms with E-state index in [1.165, 1.54) is 0 Å². The predicted molar refractivity (Wildman–Crippen MR) is 83.1 cm³/mol. The summed E-state index contributed by atoms with van der Waals surface area (Å²) in [5, 5.41) is 10.5. The zero-order valence-corrected chi connectivity index (χ0v) is 12.4. The Morgan fingerprint density at radius 2 is 2.05 bits per heavy atom. The van der Waals surface area contributed by atoms with Crippen LogP contribution >= 0.6 is 22.9 Å². The fraction of sp³-hybridized carbons (Fsp3) is 0.143. The number of hydrogen-bond donors (Lipinski definition) is 1. The fourth-order valence-electron chi connectivity index (χ4n) is 1.83.